The SMILES string of the molecule is Cl.Cl.O=C(NCC1CCCN(C(=O)CSCc2cccnc2)C1)C1CCCN1. The Balaban J connectivity index is 0.00000196. The van der Waals surface area contributed by atoms with Gasteiger partial charge in [0.05, 0.1) is 11.8 Å². The number of hydrogen-bond acceptors (Lipinski definition) is 5. The number of aromatic nitrogens is 1. The Morgan fingerprint density at radius 2 is 2.14 bits per heavy atom. The van der Waals surface area contributed by atoms with Crippen molar-refractivity contribution in [2.75, 3.05) is 31.9 Å². The van der Waals surface area contributed by atoms with Gasteiger partial charge in [-0.25, -0.2) is 0 Å². The van der Waals surface area contributed by atoms with Crippen molar-refractivity contribution in [2.24, 2.45) is 5.92 Å². The van der Waals surface area contributed by atoms with Crippen molar-refractivity contribution in [3.63, 3.8) is 0 Å². The van der Waals surface area contributed by atoms with Crippen LogP contribution in [0.3, 0.4) is 0 Å². The van der Waals surface area contributed by atoms with E-state index in [9.17, 15) is 9.59 Å². The molecular formula is C19H30Cl2N4O2S. The highest BCUT2D eigenvalue weighted by atomic mass is 35.5. The van der Waals surface area contributed by atoms with E-state index in [2.05, 4.69) is 15.6 Å². The van der Waals surface area contributed by atoms with Crippen LogP contribution in [0.1, 0.15) is 31.2 Å². The Kier molecular flexibility index (Phi) is 11.8. The van der Waals surface area contributed by atoms with Crippen LogP contribution in [0.25, 0.3) is 0 Å². The van der Waals surface area contributed by atoms with Crippen molar-refractivity contribution < 1.29 is 9.59 Å². The molecule has 0 aromatic carbocycles. The van der Waals surface area contributed by atoms with E-state index in [1.807, 2.05) is 23.2 Å². The number of thioether (sulfide) groups is 1. The van der Waals surface area contributed by atoms with E-state index in [4.69, 9.17) is 0 Å². The number of amides is 2. The third-order valence-corrected chi connectivity index (χ3v) is 6.02. The number of carbonyl (C=O) groups is 2. The molecule has 2 unspecified atom stereocenters. The van der Waals surface area contributed by atoms with E-state index in [0.717, 1.165) is 56.6 Å². The highest BCUT2D eigenvalue weighted by molar-refractivity contribution is 7.99. The van der Waals surface area contributed by atoms with Gasteiger partial charge < -0.3 is 15.5 Å². The highest BCUT2D eigenvalue weighted by Crippen LogP contribution is 2.18. The molecule has 0 spiro atoms. The standard InChI is InChI=1S/C19H28N4O2S.2ClH/c24-18(14-26-13-16-4-1-7-20-10-16)23-9-3-5-15(12-23)11-22-19(25)17-6-2-8-21-17;;/h1,4,7,10,15,17,21H,2-3,5-6,8-9,11-14H2,(H,22,25);2*1H. The number of rotatable bonds is 7. The maximum absolute atomic E-state index is 12.5. The van der Waals surface area contributed by atoms with Gasteiger partial charge in [-0.2, -0.15) is 0 Å². The molecule has 0 radical (unpaired) electrons. The fourth-order valence-electron chi connectivity index (χ4n) is 3.57. The zero-order valence-electron chi connectivity index (χ0n) is 16.0. The summed E-state index contributed by atoms with van der Waals surface area (Å²) in [6.07, 6.45) is 7.69. The van der Waals surface area contributed by atoms with Crippen LogP contribution in [0, 0.1) is 5.92 Å². The zero-order chi connectivity index (χ0) is 18.2. The average molecular weight is 449 g/mol. The molecule has 3 rings (SSSR count). The molecule has 2 aliphatic heterocycles. The Bertz CT molecular complexity index is 603. The number of piperidine rings is 1. The van der Waals surface area contributed by atoms with Gasteiger partial charge >= 0.3 is 0 Å². The van der Waals surface area contributed by atoms with Crippen molar-refractivity contribution >= 4 is 48.4 Å². The summed E-state index contributed by atoms with van der Waals surface area (Å²) in [5, 5.41) is 6.29. The van der Waals surface area contributed by atoms with Crippen LogP contribution in [0.15, 0.2) is 24.5 Å². The zero-order valence-corrected chi connectivity index (χ0v) is 18.4. The first-order valence-corrected chi connectivity index (χ1v) is 10.6. The second-order valence-electron chi connectivity index (χ2n) is 7.10. The van der Waals surface area contributed by atoms with Crippen molar-refractivity contribution in [1.82, 2.24) is 20.5 Å². The molecule has 2 atom stereocenters. The highest BCUT2D eigenvalue weighted by Gasteiger charge is 2.26. The first kappa shape index (κ1) is 25.0. The second kappa shape index (κ2) is 13.2. The van der Waals surface area contributed by atoms with Gasteiger partial charge in [0, 0.05) is 37.8 Å². The van der Waals surface area contributed by atoms with Crippen molar-refractivity contribution in [1.29, 1.82) is 0 Å². The summed E-state index contributed by atoms with van der Waals surface area (Å²) in [6.45, 7) is 3.19. The third kappa shape index (κ3) is 7.78. The summed E-state index contributed by atoms with van der Waals surface area (Å²) >= 11 is 1.64. The molecule has 2 saturated heterocycles. The summed E-state index contributed by atoms with van der Waals surface area (Å²) < 4.78 is 0. The molecule has 1 aromatic rings. The van der Waals surface area contributed by atoms with Crippen LogP contribution < -0.4 is 10.6 Å². The number of pyridine rings is 1. The van der Waals surface area contributed by atoms with Gasteiger partial charge in [0.25, 0.3) is 0 Å². The van der Waals surface area contributed by atoms with Crippen molar-refractivity contribution in [3.05, 3.63) is 30.1 Å². The minimum atomic E-state index is -0.0276. The van der Waals surface area contributed by atoms with E-state index in [0.29, 0.717) is 18.2 Å². The fraction of sp³-hybridized carbons (Fsp3) is 0.632. The Labute approximate surface area is 183 Å². The van der Waals surface area contributed by atoms with Crippen LogP contribution >= 0.6 is 36.6 Å². The quantitative estimate of drug-likeness (QED) is 0.668. The van der Waals surface area contributed by atoms with Gasteiger partial charge in [-0.3, -0.25) is 14.6 Å². The minimum absolute atomic E-state index is 0. The lowest BCUT2D eigenvalue weighted by Crippen LogP contribution is -2.47. The molecule has 9 heteroatoms. The van der Waals surface area contributed by atoms with E-state index in [1.165, 1.54) is 0 Å². The Morgan fingerprint density at radius 1 is 1.29 bits per heavy atom. The number of nitrogens with zero attached hydrogens (tertiary/aromatic N) is 2. The summed E-state index contributed by atoms with van der Waals surface area (Å²) in [7, 11) is 0. The lowest BCUT2D eigenvalue weighted by molar-refractivity contribution is -0.130. The van der Waals surface area contributed by atoms with Crippen LogP contribution in [-0.2, 0) is 15.3 Å². The molecule has 28 heavy (non-hydrogen) atoms. The predicted octanol–water partition coefficient (Wildman–Crippen LogP) is 2.27. The van der Waals surface area contributed by atoms with Crippen LogP contribution in [0.4, 0.5) is 0 Å². The normalized spacial score (nSPS) is 21.4. The van der Waals surface area contributed by atoms with Crippen LogP contribution in [0.5, 0.6) is 0 Å². The van der Waals surface area contributed by atoms with Gasteiger partial charge in [-0.1, -0.05) is 6.07 Å². The Morgan fingerprint density at radius 3 is 2.86 bits per heavy atom. The maximum atomic E-state index is 12.5. The summed E-state index contributed by atoms with van der Waals surface area (Å²) in [6, 6.07) is 3.92. The monoisotopic (exact) mass is 448 g/mol. The molecular weight excluding hydrogens is 419 g/mol. The number of nitrogens with one attached hydrogen (secondary N) is 2. The van der Waals surface area contributed by atoms with E-state index in [-0.39, 0.29) is 42.7 Å². The smallest absolute Gasteiger partial charge is 0.237 e. The molecule has 158 valence electrons. The summed E-state index contributed by atoms with van der Waals surface area (Å²) in [5.74, 6) is 1.98. The molecule has 6 nitrogen and oxygen atoms in total. The Hall–Kier alpha value is -1.02. The first-order chi connectivity index (χ1) is 12.7. The first-order valence-electron chi connectivity index (χ1n) is 9.48. The van der Waals surface area contributed by atoms with Gasteiger partial charge in [0.2, 0.25) is 11.8 Å². The van der Waals surface area contributed by atoms with Crippen molar-refractivity contribution in [2.45, 2.75) is 37.5 Å². The van der Waals surface area contributed by atoms with Crippen LogP contribution in [-0.4, -0.2) is 59.7 Å². The van der Waals surface area contributed by atoms with E-state index in [1.54, 1.807) is 18.0 Å². The van der Waals surface area contributed by atoms with Crippen LogP contribution in [0.2, 0.25) is 0 Å². The maximum Gasteiger partial charge on any atom is 0.237 e. The molecule has 2 amide bonds. The fourth-order valence-corrected chi connectivity index (χ4v) is 4.43. The molecule has 0 bridgehead atoms. The lowest BCUT2D eigenvalue weighted by atomic mass is 9.98. The number of carbonyl (C=O) groups excluding carboxylic acids is 2. The van der Waals surface area contributed by atoms with Gasteiger partial charge in [-0.15, -0.1) is 36.6 Å². The molecule has 2 N–H and O–H groups in total. The predicted molar refractivity (Wildman–Crippen MR) is 118 cm³/mol. The second-order valence-corrected chi connectivity index (χ2v) is 8.08. The molecule has 2 aliphatic rings. The summed E-state index contributed by atoms with van der Waals surface area (Å²) in [4.78, 5) is 30.7. The topological polar surface area (TPSA) is 74.3 Å². The number of hydrogen-bond donors (Lipinski definition) is 2. The van der Waals surface area contributed by atoms with Gasteiger partial charge in [-0.05, 0) is 49.8 Å². The minimum Gasteiger partial charge on any atom is -0.354 e. The van der Waals surface area contributed by atoms with Gasteiger partial charge in [0.1, 0.15) is 0 Å². The van der Waals surface area contributed by atoms with Gasteiger partial charge in [0.15, 0.2) is 0 Å². The number of halogens is 2. The largest absolute Gasteiger partial charge is 0.354 e. The molecule has 0 saturated carbocycles. The third-order valence-electron chi connectivity index (χ3n) is 5.03. The molecule has 0 aliphatic carbocycles. The average Bonchev–Trinajstić information content (AvgIpc) is 3.22. The molecule has 2 fully saturated rings. The molecule has 1 aromatic heterocycles. The molecule has 3 heterocycles. The summed E-state index contributed by atoms with van der Waals surface area (Å²) in [5.41, 5.74) is 1.14. The lowest BCUT2D eigenvalue weighted by Gasteiger charge is -2.33. The number of likely N-dealkylation sites (tertiary alicyclic amines) is 1. The van der Waals surface area contributed by atoms with E-state index >= 15 is 0 Å². The van der Waals surface area contributed by atoms with E-state index < -0.39 is 0 Å². The van der Waals surface area contributed by atoms with Crippen molar-refractivity contribution in [3.8, 4) is 0 Å².